The molecule has 1 N–H and O–H groups in total. The van der Waals surface area contributed by atoms with Crippen LogP contribution in [0.1, 0.15) is 0 Å². The van der Waals surface area contributed by atoms with Gasteiger partial charge in [-0.25, -0.2) is 9.37 Å². The maximum Gasteiger partial charge on any atom is 0.266 e. The third-order valence-electron chi connectivity index (χ3n) is 4.28. The number of rotatable bonds is 5. The molecule has 5 nitrogen and oxygen atoms in total. The van der Waals surface area contributed by atoms with E-state index in [-0.39, 0.29) is 22.5 Å². The molecular formula is C22H15ClFN3O2S. The van der Waals surface area contributed by atoms with Crippen molar-refractivity contribution in [2.45, 2.75) is 5.16 Å². The molecule has 0 unspecified atom stereocenters. The average molecular weight is 440 g/mol. The zero-order valence-corrected chi connectivity index (χ0v) is 17.1. The highest BCUT2D eigenvalue weighted by molar-refractivity contribution is 7.99. The standard InChI is InChI=1S/C22H15ClFN3O2S/c23-14-6-5-7-15(12-14)25-20(28)13-30-22-26-18-10-3-1-8-16(18)21(29)27(22)19-11-4-2-9-17(19)24/h1-12H,13H2,(H,25,28). The van der Waals surface area contributed by atoms with Gasteiger partial charge in [-0.15, -0.1) is 0 Å². The average Bonchev–Trinajstić information content (AvgIpc) is 2.73. The molecule has 0 radical (unpaired) electrons. The lowest BCUT2D eigenvalue weighted by Gasteiger charge is -2.14. The number of thioether (sulfide) groups is 1. The summed E-state index contributed by atoms with van der Waals surface area (Å²) in [5, 5.41) is 3.84. The lowest BCUT2D eigenvalue weighted by atomic mass is 10.2. The van der Waals surface area contributed by atoms with Crippen molar-refractivity contribution in [1.29, 1.82) is 0 Å². The van der Waals surface area contributed by atoms with Gasteiger partial charge in [-0.05, 0) is 42.5 Å². The summed E-state index contributed by atoms with van der Waals surface area (Å²) in [7, 11) is 0. The summed E-state index contributed by atoms with van der Waals surface area (Å²) in [4.78, 5) is 30.0. The van der Waals surface area contributed by atoms with Gasteiger partial charge in [-0.1, -0.05) is 53.7 Å². The Bertz CT molecular complexity index is 1310. The van der Waals surface area contributed by atoms with Crippen LogP contribution in [-0.2, 0) is 4.79 Å². The number of carbonyl (C=O) groups excluding carboxylic acids is 1. The lowest BCUT2D eigenvalue weighted by Crippen LogP contribution is -2.23. The monoisotopic (exact) mass is 439 g/mol. The third kappa shape index (κ3) is 4.22. The van der Waals surface area contributed by atoms with Gasteiger partial charge in [0, 0.05) is 10.7 Å². The van der Waals surface area contributed by atoms with E-state index in [2.05, 4.69) is 10.3 Å². The number of para-hydroxylation sites is 2. The molecule has 0 saturated carbocycles. The summed E-state index contributed by atoms with van der Waals surface area (Å²) >= 11 is 6.99. The van der Waals surface area contributed by atoms with Gasteiger partial charge in [0.1, 0.15) is 5.82 Å². The Balaban J connectivity index is 1.69. The highest BCUT2D eigenvalue weighted by Crippen LogP contribution is 2.23. The third-order valence-corrected chi connectivity index (χ3v) is 5.45. The van der Waals surface area contributed by atoms with E-state index in [4.69, 9.17) is 11.6 Å². The normalized spacial score (nSPS) is 10.9. The molecule has 4 rings (SSSR count). The van der Waals surface area contributed by atoms with Crippen molar-refractivity contribution in [2.24, 2.45) is 0 Å². The second-order valence-corrected chi connectivity index (χ2v) is 7.73. The molecule has 0 saturated heterocycles. The number of aromatic nitrogens is 2. The Morgan fingerprint density at radius 2 is 1.83 bits per heavy atom. The van der Waals surface area contributed by atoms with E-state index in [9.17, 15) is 14.0 Å². The lowest BCUT2D eigenvalue weighted by molar-refractivity contribution is -0.113. The SMILES string of the molecule is O=C(CSc1nc2ccccc2c(=O)n1-c1ccccc1F)Nc1cccc(Cl)c1. The molecule has 4 aromatic rings. The minimum Gasteiger partial charge on any atom is -0.325 e. The van der Waals surface area contributed by atoms with Gasteiger partial charge in [0.25, 0.3) is 5.56 Å². The van der Waals surface area contributed by atoms with Crippen LogP contribution in [-0.4, -0.2) is 21.2 Å². The van der Waals surface area contributed by atoms with Crippen LogP contribution >= 0.6 is 23.4 Å². The Morgan fingerprint density at radius 3 is 2.63 bits per heavy atom. The highest BCUT2D eigenvalue weighted by atomic mass is 35.5. The Kier molecular flexibility index (Phi) is 5.83. The number of nitrogens with one attached hydrogen (secondary N) is 1. The molecule has 0 fully saturated rings. The van der Waals surface area contributed by atoms with Crippen LogP contribution in [0.25, 0.3) is 16.6 Å². The van der Waals surface area contributed by atoms with E-state index in [1.807, 2.05) is 0 Å². The highest BCUT2D eigenvalue weighted by Gasteiger charge is 2.17. The van der Waals surface area contributed by atoms with Crippen molar-refractivity contribution in [3.05, 3.63) is 94.0 Å². The van der Waals surface area contributed by atoms with E-state index in [1.54, 1.807) is 60.7 Å². The maximum atomic E-state index is 14.5. The number of amides is 1. The molecule has 1 heterocycles. The first-order valence-corrected chi connectivity index (χ1v) is 10.3. The van der Waals surface area contributed by atoms with Gasteiger partial charge in [-0.2, -0.15) is 0 Å². The number of hydrogen-bond acceptors (Lipinski definition) is 4. The maximum absolute atomic E-state index is 14.5. The van der Waals surface area contributed by atoms with Crippen LogP contribution in [0.4, 0.5) is 10.1 Å². The molecule has 3 aromatic carbocycles. The van der Waals surface area contributed by atoms with Gasteiger partial charge in [0.05, 0.1) is 22.3 Å². The number of fused-ring (bicyclic) bond motifs is 1. The summed E-state index contributed by atoms with van der Waals surface area (Å²) in [6.07, 6.45) is 0. The minimum absolute atomic E-state index is 0.0221. The van der Waals surface area contributed by atoms with Crippen LogP contribution in [0, 0.1) is 5.82 Å². The van der Waals surface area contributed by atoms with Gasteiger partial charge in [0.2, 0.25) is 5.91 Å². The summed E-state index contributed by atoms with van der Waals surface area (Å²) in [5.74, 6) is -0.877. The van der Waals surface area contributed by atoms with Crippen molar-refractivity contribution in [1.82, 2.24) is 9.55 Å². The molecule has 8 heteroatoms. The first kappa shape index (κ1) is 20.1. The molecule has 0 spiro atoms. The van der Waals surface area contributed by atoms with Crippen LogP contribution in [0.15, 0.2) is 82.7 Å². The fourth-order valence-corrected chi connectivity index (χ4v) is 3.94. The molecule has 0 aliphatic rings. The quantitative estimate of drug-likeness (QED) is 0.354. The fraction of sp³-hybridized carbons (Fsp3) is 0.0455. The number of hydrogen-bond donors (Lipinski definition) is 1. The number of benzene rings is 3. The largest absolute Gasteiger partial charge is 0.325 e. The van der Waals surface area contributed by atoms with E-state index >= 15 is 0 Å². The van der Waals surface area contributed by atoms with Gasteiger partial charge < -0.3 is 5.32 Å². The van der Waals surface area contributed by atoms with Gasteiger partial charge in [0.15, 0.2) is 5.16 Å². The first-order chi connectivity index (χ1) is 14.5. The number of halogens is 2. The topological polar surface area (TPSA) is 64.0 Å². The van der Waals surface area contributed by atoms with E-state index in [0.29, 0.717) is 21.6 Å². The van der Waals surface area contributed by atoms with Crippen molar-refractivity contribution in [2.75, 3.05) is 11.1 Å². The van der Waals surface area contributed by atoms with Crippen LogP contribution in [0.3, 0.4) is 0 Å². The fourth-order valence-electron chi connectivity index (χ4n) is 2.95. The van der Waals surface area contributed by atoms with E-state index in [1.165, 1.54) is 16.7 Å². The molecule has 0 bridgehead atoms. The Morgan fingerprint density at radius 1 is 1.07 bits per heavy atom. The predicted molar refractivity (Wildman–Crippen MR) is 118 cm³/mol. The number of carbonyl (C=O) groups is 1. The van der Waals surface area contributed by atoms with Crippen molar-refractivity contribution >= 4 is 45.9 Å². The molecule has 1 aromatic heterocycles. The van der Waals surface area contributed by atoms with Crippen molar-refractivity contribution in [3.63, 3.8) is 0 Å². The van der Waals surface area contributed by atoms with Crippen molar-refractivity contribution in [3.8, 4) is 5.69 Å². The van der Waals surface area contributed by atoms with Gasteiger partial charge >= 0.3 is 0 Å². The van der Waals surface area contributed by atoms with Crippen LogP contribution in [0.2, 0.25) is 5.02 Å². The molecule has 1 amide bonds. The zero-order valence-electron chi connectivity index (χ0n) is 15.5. The second kappa shape index (κ2) is 8.69. The molecule has 30 heavy (non-hydrogen) atoms. The molecule has 0 aliphatic carbocycles. The van der Waals surface area contributed by atoms with E-state index in [0.717, 1.165) is 11.8 Å². The minimum atomic E-state index is -0.554. The molecule has 150 valence electrons. The first-order valence-electron chi connectivity index (χ1n) is 8.98. The number of anilines is 1. The van der Waals surface area contributed by atoms with Crippen LogP contribution < -0.4 is 10.9 Å². The number of nitrogens with zero attached hydrogens (tertiary/aromatic N) is 2. The summed E-state index contributed by atoms with van der Waals surface area (Å²) < 4.78 is 15.7. The summed E-state index contributed by atoms with van der Waals surface area (Å²) in [6.45, 7) is 0. The molecule has 0 atom stereocenters. The second-order valence-electron chi connectivity index (χ2n) is 6.35. The summed E-state index contributed by atoms with van der Waals surface area (Å²) in [5.41, 5.74) is 0.723. The predicted octanol–water partition coefficient (Wildman–Crippen LogP) is 4.91. The smallest absolute Gasteiger partial charge is 0.266 e. The Hall–Kier alpha value is -3.16. The van der Waals surface area contributed by atoms with Gasteiger partial charge in [-0.3, -0.25) is 14.2 Å². The molecular weight excluding hydrogens is 425 g/mol. The van der Waals surface area contributed by atoms with Crippen LogP contribution in [0.5, 0.6) is 0 Å². The van der Waals surface area contributed by atoms with E-state index < -0.39 is 11.4 Å². The zero-order chi connectivity index (χ0) is 21.1. The summed E-state index contributed by atoms with van der Waals surface area (Å²) in [6, 6.07) is 19.6. The Labute approximate surface area is 180 Å². The van der Waals surface area contributed by atoms with Crippen molar-refractivity contribution < 1.29 is 9.18 Å². The molecule has 0 aliphatic heterocycles.